The molecular formula is C14H26N2O3. The Balaban J connectivity index is 2.97. The smallest absolute Gasteiger partial charge is 0.245 e. The van der Waals surface area contributed by atoms with E-state index in [4.69, 9.17) is 4.74 Å². The van der Waals surface area contributed by atoms with Gasteiger partial charge in [-0.25, -0.2) is 0 Å². The maximum absolute atomic E-state index is 12.4. The largest absolute Gasteiger partial charge is 0.380 e. The van der Waals surface area contributed by atoms with E-state index in [0.29, 0.717) is 13.0 Å². The number of amides is 2. The first-order chi connectivity index (χ1) is 8.96. The van der Waals surface area contributed by atoms with Gasteiger partial charge >= 0.3 is 0 Å². The van der Waals surface area contributed by atoms with Crippen molar-refractivity contribution in [2.75, 3.05) is 13.7 Å². The first-order valence-electron chi connectivity index (χ1n) is 7.09. The zero-order valence-corrected chi connectivity index (χ0v) is 12.6. The molecule has 0 bridgehead atoms. The van der Waals surface area contributed by atoms with E-state index in [9.17, 15) is 9.59 Å². The van der Waals surface area contributed by atoms with Crippen LogP contribution in [0.4, 0.5) is 0 Å². The van der Waals surface area contributed by atoms with Crippen molar-refractivity contribution < 1.29 is 14.3 Å². The van der Waals surface area contributed by atoms with Gasteiger partial charge in [-0.05, 0) is 19.3 Å². The predicted octanol–water partition coefficient (Wildman–Crippen LogP) is 1.17. The van der Waals surface area contributed by atoms with E-state index in [1.807, 2.05) is 27.7 Å². The van der Waals surface area contributed by atoms with Crippen LogP contribution in [0.25, 0.3) is 0 Å². The third-order valence-corrected chi connectivity index (χ3v) is 3.95. The van der Waals surface area contributed by atoms with Gasteiger partial charge in [0.05, 0.1) is 6.10 Å². The van der Waals surface area contributed by atoms with Crippen LogP contribution in [0.3, 0.4) is 0 Å². The summed E-state index contributed by atoms with van der Waals surface area (Å²) < 4.78 is 5.24. The Kier molecular flexibility index (Phi) is 5.79. The number of rotatable bonds is 6. The zero-order chi connectivity index (χ0) is 14.6. The molecule has 0 radical (unpaired) electrons. The van der Waals surface area contributed by atoms with Crippen LogP contribution in [-0.2, 0) is 14.3 Å². The minimum atomic E-state index is -0.392. The number of nitrogens with zero attached hydrogens (tertiary/aromatic N) is 1. The third kappa shape index (κ3) is 3.47. The van der Waals surface area contributed by atoms with E-state index in [1.165, 1.54) is 0 Å². The van der Waals surface area contributed by atoms with Crippen LogP contribution >= 0.6 is 0 Å². The van der Waals surface area contributed by atoms with E-state index in [1.54, 1.807) is 12.0 Å². The first kappa shape index (κ1) is 16.0. The summed E-state index contributed by atoms with van der Waals surface area (Å²) in [5.41, 5.74) is 0. The number of piperazine rings is 1. The lowest BCUT2D eigenvalue weighted by Gasteiger charge is -2.42. The van der Waals surface area contributed by atoms with Crippen molar-refractivity contribution in [3.05, 3.63) is 0 Å². The second kappa shape index (κ2) is 6.89. The first-order valence-corrected chi connectivity index (χ1v) is 7.09. The molecular weight excluding hydrogens is 244 g/mol. The van der Waals surface area contributed by atoms with Gasteiger partial charge in [-0.15, -0.1) is 0 Å². The lowest BCUT2D eigenvalue weighted by Crippen LogP contribution is -2.65. The Morgan fingerprint density at radius 1 is 1.32 bits per heavy atom. The fourth-order valence-corrected chi connectivity index (χ4v) is 2.42. The molecule has 5 nitrogen and oxygen atoms in total. The van der Waals surface area contributed by atoms with Gasteiger partial charge in [0.25, 0.3) is 0 Å². The standard InChI is InChI=1S/C14H26N2O3/c1-6-9(3)12-13(17)15-11(7-2)14(18)16(12)8-10(4)19-5/h9-12H,6-8H2,1-5H3,(H,15,17). The molecule has 1 aliphatic heterocycles. The van der Waals surface area contributed by atoms with Crippen molar-refractivity contribution in [2.45, 2.75) is 58.7 Å². The van der Waals surface area contributed by atoms with Crippen molar-refractivity contribution in [3.63, 3.8) is 0 Å². The summed E-state index contributed by atoms with van der Waals surface area (Å²) in [7, 11) is 1.62. The average Bonchev–Trinajstić information content (AvgIpc) is 2.41. The highest BCUT2D eigenvalue weighted by Gasteiger charge is 2.42. The molecule has 2 amide bonds. The molecule has 19 heavy (non-hydrogen) atoms. The predicted molar refractivity (Wildman–Crippen MR) is 73.6 cm³/mol. The quantitative estimate of drug-likeness (QED) is 0.788. The zero-order valence-electron chi connectivity index (χ0n) is 12.6. The van der Waals surface area contributed by atoms with Crippen molar-refractivity contribution in [3.8, 4) is 0 Å². The minimum absolute atomic E-state index is 0.0105. The molecule has 1 aliphatic rings. The summed E-state index contributed by atoms with van der Waals surface area (Å²) in [6, 6.07) is -0.769. The highest BCUT2D eigenvalue weighted by Crippen LogP contribution is 2.21. The van der Waals surface area contributed by atoms with Crippen molar-refractivity contribution >= 4 is 11.8 Å². The van der Waals surface area contributed by atoms with Crippen LogP contribution in [0.5, 0.6) is 0 Å². The number of nitrogens with one attached hydrogen (secondary N) is 1. The Labute approximate surface area is 115 Å². The average molecular weight is 270 g/mol. The van der Waals surface area contributed by atoms with Gasteiger partial charge in [0, 0.05) is 13.7 Å². The van der Waals surface area contributed by atoms with Crippen LogP contribution in [0.15, 0.2) is 0 Å². The maximum Gasteiger partial charge on any atom is 0.245 e. The number of ether oxygens (including phenoxy) is 1. The van der Waals surface area contributed by atoms with Crippen LogP contribution < -0.4 is 5.32 Å². The lowest BCUT2D eigenvalue weighted by molar-refractivity contribution is -0.153. The summed E-state index contributed by atoms with van der Waals surface area (Å²) in [4.78, 5) is 26.4. The van der Waals surface area contributed by atoms with Gasteiger partial charge in [0.2, 0.25) is 11.8 Å². The third-order valence-electron chi connectivity index (χ3n) is 3.95. The summed E-state index contributed by atoms with van der Waals surface area (Å²) in [5, 5.41) is 2.83. The minimum Gasteiger partial charge on any atom is -0.380 e. The number of carbonyl (C=O) groups excluding carboxylic acids is 2. The molecule has 0 aromatic carbocycles. The fraction of sp³-hybridized carbons (Fsp3) is 0.857. The SMILES string of the molecule is CCC1NC(=O)C(C(C)CC)N(CC(C)OC)C1=O. The Bertz CT molecular complexity index is 333. The van der Waals surface area contributed by atoms with Crippen LogP contribution in [0.1, 0.15) is 40.5 Å². The van der Waals surface area contributed by atoms with Crippen molar-refractivity contribution in [2.24, 2.45) is 5.92 Å². The monoisotopic (exact) mass is 270 g/mol. The second-order valence-electron chi connectivity index (χ2n) is 5.34. The molecule has 1 N–H and O–H groups in total. The molecule has 1 fully saturated rings. The molecule has 0 saturated carbocycles. The van der Waals surface area contributed by atoms with Crippen LogP contribution in [0.2, 0.25) is 0 Å². The topological polar surface area (TPSA) is 58.6 Å². The molecule has 4 unspecified atom stereocenters. The number of methoxy groups -OCH3 is 1. The summed E-state index contributed by atoms with van der Waals surface area (Å²) in [6.07, 6.45) is 1.41. The molecule has 5 heteroatoms. The van der Waals surface area contributed by atoms with Gasteiger partial charge in [0.15, 0.2) is 0 Å². The van der Waals surface area contributed by atoms with Gasteiger partial charge < -0.3 is 15.0 Å². The highest BCUT2D eigenvalue weighted by molar-refractivity contribution is 5.97. The molecule has 0 aromatic heterocycles. The van der Waals surface area contributed by atoms with Crippen molar-refractivity contribution in [1.29, 1.82) is 0 Å². The van der Waals surface area contributed by atoms with Crippen molar-refractivity contribution in [1.82, 2.24) is 10.2 Å². The molecule has 0 spiro atoms. The van der Waals surface area contributed by atoms with Gasteiger partial charge in [-0.3, -0.25) is 9.59 Å². The molecule has 0 aromatic rings. The summed E-state index contributed by atoms with van der Waals surface area (Å²) in [6.45, 7) is 8.33. The van der Waals surface area contributed by atoms with Crippen LogP contribution in [0, 0.1) is 5.92 Å². The van der Waals surface area contributed by atoms with E-state index in [2.05, 4.69) is 5.32 Å². The van der Waals surface area contributed by atoms with E-state index >= 15 is 0 Å². The molecule has 0 aliphatic carbocycles. The molecule has 1 heterocycles. The molecule has 1 rings (SSSR count). The number of carbonyl (C=O) groups is 2. The fourth-order valence-electron chi connectivity index (χ4n) is 2.42. The van der Waals surface area contributed by atoms with Gasteiger partial charge in [-0.2, -0.15) is 0 Å². The Morgan fingerprint density at radius 3 is 2.42 bits per heavy atom. The Morgan fingerprint density at radius 2 is 1.95 bits per heavy atom. The molecule has 4 atom stereocenters. The van der Waals surface area contributed by atoms with E-state index < -0.39 is 6.04 Å². The summed E-state index contributed by atoms with van der Waals surface area (Å²) >= 11 is 0. The number of hydrogen-bond acceptors (Lipinski definition) is 3. The number of hydrogen-bond donors (Lipinski definition) is 1. The van der Waals surface area contributed by atoms with Crippen LogP contribution in [-0.4, -0.2) is 48.6 Å². The normalized spacial score (nSPS) is 27.1. The molecule has 110 valence electrons. The summed E-state index contributed by atoms with van der Waals surface area (Å²) in [5.74, 6) is 0.117. The lowest BCUT2D eigenvalue weighted by atomic mass is 9.92. The maximum atomic E-state index is 12.4. The second-order valence-corrected chi connectivity index (χ2v) is 5.34. The Hall–Kier alpha value is -1.10. The van der Waals surface area contributed by atoms with Gasteiger partial charge in [0.1, 0.15) is 12.1 Å². The van der Waals surface area contributed by atoms with E-state index in [0.717, 1.165) is 6.42 Å². The highest BCUT2D eigenvalue weighted by atomic mass is 16.5. The molecule has 1 saturated heterocycles. The van der Waals surface area contributed by atoms with Gasteiger partial charge in [-0.1, -0.05) is 27.2 Å². The van der Waals surface area contributed by atoms with E-state index in [-0.39, 0.29) is 29.9 Å².